The summed E-state index contributed by atoms with van der Waals surface area (Å²) in [6, 6.07) is 4.70. The van der Waals surface area contributed by atoms with E-state index in [2.05, 4.69) is 35.3 Å². The summed E-state index contributed by atoms with van der Waals surface area (Å²) >= 11 is 0. The Hall–Kier alpha value is -1.58. The Kier molecular flexibility index (Phi) is 2.94. The van der Waals surface area contributed by atoms with Crippen molar-refractivity contribution in [2.45, 2.75) is 51.5 Å². The van der Waals surface area contributed by atoms with Crippen molar-refractivity contribution in [3.63, 3.8) is 0 Å². The van der Waals surface area contributed by atoms with Crippen molar-refractivity contribution in [3.8, 4) is 0 Å². The molecule has 1 saturated carbocycles. The summed E-state index contributed by atoms with van der Waals surface area (Å²) in [5.74, 6) is 1.52. The number of nitrogens with one attached hydrogen (secondary N) is 1. The Morgan fingerprint density at radius 3 is 2.83 bits per heavy atom. The third kappa shape index (κ3) is 2.07. The van der Waals surface area contributed by atoms with Gasteiger partial charge in [0, 0.05) is 23.9 Å². The molecule has 1 aliphatic rings. The smallest absolute Gasteiger partial charge is 0.157 e. The van der Waals surface area contributed by atoms with E-state index in [1.807, 2.05) is 16.8 Å². The van der Waals surface area contributed by atoms with Gasteiger partial charge < -0.3 is 5.32 Å². The van der Waals surface area contributed by atoms with Crippen molar-refractivity contribution in [1.29, 1.82) is 0 Å². The zero-order valence-corrected chi connectivity index (χ0v) is 11.1. The van der Waals surface area contributed by atoms with Crippen LogP contribution < -0.4 is 5.32 Å². The van der Waals surface area contributed by atoms with E-state index in [0.717, 1.165) is 17.2 Å². The van der Waals surface area contributed by atoms with Crippen molar-refractivity contribution in [3.05, 3.63) is 24.0 Å². The molecule has 1 N–H and O–H groups in total. The van der Waals surface area contributed by atoms with Crippen LogP contribution in [0.25, 0.3) is 5.65 Å². The van der Waals surface area contributed by atoms with Gasteiger partial charge in [-0.1, -0.05) is 26.7 Å². The van der Waals surface area contributed by atoms with Crippen molar-refractivity contribution in [2.75, 3.05) is 5.32 Å². The fourth-order valence-electron chi connectivity index (χ4n) is 2.61. The lowest BCUT2D eigenvalue weighted by atomic mass is 10.1. The Morgan fingerprint density at radius 2 is 2.11 bits per heavy atom. The van der Waals surface area contributed by atoms with Gasteiger partial charge in [-0.25, -0.2) is 4.98 Å². The van der Waals surface area contributed by atoms with E-state index in [9.17, 15) is 0 Å². The summed E-state index contributed by atoms with van der Waals surface area (Å²) in [7, 11) is 0. The highest BCUT2D eigenvalue weighted by molar-refractivity contribution is 5.50. The highest BCUT2D eigenvalue weighted by Gasteiger charge is 2.17. The first-order valence-corrected chi connectivity index (χ1v) is 6.85. The van der Waals surface area contributed by atoms with Gasteiger partial charge >= 0.3 is 0 Å². The van der Waals surface area contributed by atoms with Crippen molar-refractivity contribution >= 4 is 11.5 Å². The van der Waals surface area contributed by atoms with E-state index in [1.165, 1.54) is 25.7 Å². The van der Waals surface area contributed by atoms with Crippen LogP contribution in [0, 0.1) is 0 Å². The fourth-order valence-corrected chi connectivity index (χ4v) is 2.61. The average molecular weight is 244 g/mol. The SMILES string of the molecule is CC(C)c1cc(NC2CCCC2)n2nccc2n1. The number of nitrogens with zero attached hydrogens (tertiary/aromatic N) is 3. The Labute approximate surface area is 107 Å². The van der Waals surface area contributed by atoms with Crippen LogP contribution in [0.4, 0.5) is 5.82 Å². The van der Waals surface area contributed by atoms with Crippen LogP contribution in [0.3, 0.4) is 0 Å². The molecule has 1 fully saturated rings. The molecule has 2 heterocycles. The van der Waals surface area contributed by atoms with E-state index in [-0.39, 0.29) is 0 Å². The van der Waals surface area contributed by atoms with Crippen molar-refractivity contribution < 1.29 is 0 Å². The lowest BCUT2D eigenvalue weighted by Gasteiger charge is -2.16. The molecule has 3 rings (SSSR count). The maximum absolute atomic E-state index is 4.63. The second-order valence-electron chi connectivity index (χ2n) is 5.45. The number of fused-ring (bicyclic) bond motifs is 1. The molecule has 0 spiro atoms. The highest BCUT2D eigenvalue weighted by Crippen LogP contribution is 2.24. The van der Waals surface area contributed by atoms with Gasteiger partial charge in [-0.2, -0.15) is 9.61 Å². The second kappa shape index (κ2) is 4.59. The Bertz CT molecular complexity index is 538. The van der Waals surface area contributed by atoms with Gasteiger partial charge in [0.2, 0.25) is 0 Å². The molecule has 0 bridgehead atoms. The second-order valence-corrected chi connectivity index (χ2v) is 5.45. The molecule has 0 radical (unpaired) electrons. The molecular weight excluding hydrogens is 224 g/mol. The lowest BCUT2D eigenvalue weighted by molar-refractivity contribution is 0.735. The molecule has 2 aromatic heterocycles. The van der Waals surface area contributed by atoms with Crippen LogP contribution in [-0.2, 0) is 0 Å². The number of rotatable bonds is 3. The number of aromatic nitrogens is 3. The topological polar surface area (TPSA) is 42.2 Å². The fraction of sp³-hybridized carbons (Fsp3) is 0.571. The minimum absolute atomic E-state index is 0.439. The molecule has 0 aromatic carbocycles. The van der Waals surface area contributed by atoms with E-state index in [0.29, 0.717) is 12.0 Å². The van der Waals surface area contributed by atoms with Gasteiger partial charge in [0.1, 0.15) is 5.82 Å². The third-order valence-corrected chi connectivity index (χ3v) is 3.68. The molecule has 0 unspecified atom stereocenters. The molecule has 18 heavy (non-hydrogen) atoms. The molecule has 4 heteroatoms. The first-order chi connectivity index (χ1) is 8.74. The quantitative estimate of drug-likeness (QED) is 0.901. The summed E-state index contributed by atoms with van der Waals surface area (Å²) in [6.07, 6.45) is 7.01. The molecule has 2 aromatic rings. The molecule has 4 nitrogen and oxygen atoms in total. The van der Waals surface area contributed by atoms with Crippen LogP contribution in [0.1, 0.15) is 51.1 Å². The third-order valence-electron chi connectivity index (χ3n) is 3.68. The van der Waals surface area contributed by atoms with E-state index in [1.54, 1.807) is 0 Å². The molecule has 0 atom stereocenters. The van der Waals surface area contributed by atoms with Crippen molar-refractivity contribution in [1.82, 2.24) is 14.6 Å². The monoisotopic (exact) mass is 244 g/mol. The molecule has 1 aliphatic carbocycles. The standard InChI is InChI=1S/C14H20N4/c1-10(2)12-9-14(16-11-5-3-4-6-11)18-13(17-12)7-8-15-18/h7-11,16H,3-6H2,1-2H3. The number of hydrogen-bond acceptors (Lipinski definition) is 3. The zero-order valence-electron chi connectivity index (χ0n) is 11.1. The average Bonchev–Trinajstić information content (AvgIpc) is 2.98. The first kappa shape index (κ1) is 11.5. The molecule has 0 saturated heterocycles. The maximum atomic E-state index is 4.63. The normalized spacial score (nSPS) is 16.8. The van der Waals surface area contributed by atoms with Gasteiger partial charge in [0.05, 0.1) is 6.20 Å². The zero-order chi connectivity index (χ0) is 12.5. The largest absolute Gasteiger partial charge is 0.367 e. The summed E-state index contributed by atoms with van der Waals surface area (Å²) < 4.78 is 1.91. The number of anilines is 1. The van der Waals surface area contributed by atoms with E-state index in [4.69, 9.17) is 0 Å². The Balaban J connectivity index is 1.99. The van der Waals surface area contributed by atoms with Gasteiger partial charge in [-0.15, -0.1) is 0 Å². The molecule has 96 valence electrons. The predicted molar refractivity (Wildman–Crippen MR) is 73.0 cm³/mol. The molecular formula is C14H20N4. The summed E-state index contributed by atoms with van der Waals surface area (Å²) in [4.78, 5) is 4.63. The van der Waals surface area contributed by atoms with Crippen LogP contribution in [0.5, 0.6) is 0 Å². The van der Waals surface area contributed by atoms with E-state index < -0.39 is 0 Å². The maximum Gasteiger partial charge on any atom is 0.157 e. The summed E-state index contributed by atoms with van der Waals surface area (Å²) in [5.41, 5.74) is 2.06. The highest BCUT2D eigenvalue weighted by atomic mass is 15.3. The van der Waals surface area contributed by atoms with Crippen LogP contribution >= 0.6 is 0 Å². The van der Waals surface area contributed by atoms with Crippen molar-refractivity contribution in [2.24, 2.45) is 0 Å². The molecule has 0 amide bonds. The van der Waals surface area contributed by atoms with Crippen LogP contribution in [0.15, 0.2) is 18.3 Å². The van der Waals surface area contributed by atoms with Gasteiger partial charge in [0.25, 0.3) is 0 Å². The van der Waals surface area contributed by atoms with Gasteiger partial charge in [0.15, 0.2) is 5.65 Å². The van der Waals surface area contributed by atoms with Crippen LogP contribution in [-0.4, -0.2) is 20.6 Å². The predicted octanol–water partition coefficient (Wildman–Crippen LogP) is 3.21. The minimum atomic E-state index is 0.439. The number of hydrogen-bond donors (Lipinski definition) is 1. The lowest BCUT2D eigenvalue weighted by Crippen LogP contribution is -2.18. The van der Waals surface area contributed by atoms with Crippen LogP contribution in [0.2, 0.25) is 0 Å². The van der Waals surface area contributed by atoms with E-state index >= 15 is 0 Å². The Morgan fingerprint density at radius 1 is 1.33 bits per heavy atom. The molecule has 0 aliphatic heterocycles. The summed E-state index contributed by atoms with van der Waals surface area (Å²) in [5, 5.41) is 7.98. The van der Waals surface area contributed by atoms with Gasteiger partial charge in [-0.05, 0) is 18.8 Å². The summed E-state index contributed by atoms with van der Waals surface area (Å²) in [6.45, 7) is 4.35. The first-order valence-electron chi connectivity index (χ1n) is 6.85. The van der Waals surface area contributed by atoms with Gasteiger partial charge in [-0.3, -0.25) is 0 Å². The minimum Gasteiger partial charge on any atom is -0.367 e.